The fraction of sp³-hybridized carbons (Fsp3) is 0.267. The molecule has 0 fully saturated rings. The van der Waals surface area contributed by atoms with Crippen molar-refractivity contribution in [2.24, 2.45) is 0 Å². The van der Waals surface area contributed by atoms with Gasteiger partial charge in [0.15, 0.2) is 0 Å². The molecule has 100 valence electrons. The molecular formula is C15H16ClFN2. The highest BCUT2D eigenvalue weighted by molar-refractivity contribution is 6.17. The van der Waals surface area contributed by atoms with E-state index in [0.717, 1.165) is 29.2 Å². The van der Waals surface area contributed by atoms with Crippen LogP contribution in [0.1, 0.15) is 18.2 Å². The number of aryl methyl sites for hydroxylation is 1. The van der Waals surface area contributed by atoms with Crippen LogP contribution in [0.2, 0.25) is 0 Å². The Hall–Kier alpha value is -1.61. The molecule has 0 N–H and O–H groups in total. The van der Waals surface area contributed by atoms with E-state index in [2.05, 4.69) is 4.98 Å². The van der Waals surface area contributed by atoms with Gasteiger partial charge in [-0.1, -0.05) is 6.07 Å². The molecule has 1 aromatic heterocycles. The summed E-state index contributed by atoms with van der Waals surface area (Å²) in [6.07, 6.45) is 1.78. The number of nitrogens with zero attached hydrogens (tertiary/aromatic N) is 2. The van der Waals surface area contributed by atoms with E-state index in [1.807, 2.05) is 30.9 Å². The van der Waals surface area contributed by atoms with Gasteiger partial charge in [-0.15, -0.1) is 11.6 Å². The standard InChI is InChI=1S/C15H16ClFN2/c1-3-19(14-6-4-5-13(17)8-14)15-7-11(2)18-10-12(15)9-16/h4-8,10H,3,9H2,1-2H3. The summed E-state index contributed by atoms with van der Waals surface area (Å²) in [5.41, 5.74) is 3.66. The lowest BCUT2D eigenvalue weighted by atomic mass is 10.1. The second-order valence-electron chi connectivity index (χ2n) is 4.31. The van der Waals surface area contributed by atoms with Crippen molar-refractivity contribution in [2.75, 3.05) is 11.4 Å². The molecule has 0 spiro atoms. The molecule has 1 heterocycles. The number of anilines is 2. The summed E-state index contributed by atoms with van der Waals surface area (Å²) in [7, 11) is 0. The Balaban J connectivity index is 2.50. The van der Waals surface area contributed by atoms with E-state index >= 15 is 0 Å². The molecule has 2 aromatic rings. The highest BCUT2D eigenvalue weighted by Gasteiger charge is 2.12. The Morgan fingerprint density at radius 1 is 1.32 bits per heavy atom. The van der Waals surface area contributed by atoms with Gasteiger partial charge in [-0.05, 0) is 38.1 Å². The fourth-order valence-corrected chi connectivity index (χ4v) is 2.27. The quantitative estimate of drug-likeness (QED) is 0.769. The van der Waals surface area contributed by atoms with Crippen LogP contribution in [0.25, 0.3) is 0 Å². The van der Waals surface area contributed by atoms with Gasteiger partial charge in [0.2, 0.25) is 0 Å². The molecule has 2 nitrogen and oxygen atoms in total. The second-order valence-corrected chi connectivity index (χ2v) is 4.58. The maximum absolute atomic E-state index is 13.4. The number of benzene rings is 1. The van der Waals surface area contributed by atoms with Crippen LogP contribution in [0.5, 0.6) is 0 Å². The first-order valence-electron chi connectivity index (χ1n) is 6.20. The average Bonchev–Trinajstić information content (AvgIpc) is 2.40. The molecule has 0 radical (unpaired) electrons. The fourth-order valence-electron chi connectivity index (χ4n) is 2.06. The minimum absolute atomic E-state index is 0.242. The van der Waals surface area contributed by atoms with E-state index in [1.54, 1.807) is 12.3 Å². The summed E-state index contributed by atoms with van der Waals surface area (Å²) in [6, 6.07) is 8.54. The van der Waals surface area contributed by atoms with Crippen molar-refractivity contribution in [1.29, 1.82) is 0 Å². The van der Waals surface area contributed by atoms with Crippen LogP contribution < -0.4 is 4.90 Å². The molecule has 1 aromatic carbocycles. The van der Waals surface area contributed by atoms with Gasteiger partial charge in [0.1, 0.15) is 5.82 Å². The molecular weight excluding hydrogens is 263 g/mol. The number of alkyl halides is 1. The Labute approximate surface area is 117 Å². The molecule has 19 heavy (non-hydrogen) atoms. The molecule has 0 aliphatic heterocycles. The Morgan fingerprint density at radius 3 is 2.74 bits per heavy atom. The minimum Gasteiger partial charge on any atom is -0.341 e. The molecule has 0 saturated heterocycles. The number of hydrogen-bond donors (Lipinski definition) is 0. The van der Waals surface area contributed by atoms with Crippen LogP contribution in [0.3, 0.4) is 0 Å². The van der Waals surface area contributed by atoms with Gasteiger partial charge < -0.3 is 4.90 Å². The zero-order valence-electron chi connectivity index (χ0n) is 11.0. The topological polar surface area (TPSA) is 16.1 Å². The smallest absolute Gasteiger partial charge is 0.125 e. The van der Waals surface area contributed by atoms with Crippen LogP contribution >= 0.6 is 11.6 Å². The van der Waals surface area contributed by atoms with E-state index in [1.165, 1.54) is 12.1 Å². The third-order valence-electron chi connectivity index (χ3n) is 2.97. The average molecular weight is 279 g/mol. The van der Waals surface area contributed by atoms with E-state index in [-0.39, 0.29) is 5.82 Å². The molecule has 0 saturated carbocycles. The van der Waals surface area contributed by atoms with Crippen molar-refractivity contribution in [3.63, 3.8) is 0 Å². The molecule has 0 atom stereocenters. The van der Waals surface area contributed by atoms with E-state index in [9.17, 15) is 4.39 Å². The van der Waals surface area contributed by atoms with Crippen LogP contribution in [-0.4, -0.2) is 11.5 Å². The number of halogens is 2. The maximum atomic E-state index is 13.4. The minimum atomic E-state index is -0.242. The van der Waals surface area contributed by atoms with Gasteiger partial charge in [0, 0.05) is 35.4 Å². The summed E-state index contributed by atoms with van der Waals surface area (Å²) in [5, 5.41) is 0. The molecule has 0 unspecified atom stereocenters. The molecule has 2 rings (SSSR count). The summed E-state index contributed by atoms with van der Waals surface area (Å²) in [6.45, 7) is 4.69. The zero-order chi connectivity index (χ0) is 13.8. The lowest BCUT2D eigenvalue weighted by molar-refractivity contribution is 0.627. The number of pyridine rings is 1. The largest absolute Gasteiger partial charge is 0.341 e. The summed E-state index contributed by atoms with van der Waals surface area (Å²) < 4.78 is 13.4. The lowest BCUT2D eigenvalue weighted by Crippen LogP contribution is -2.18. The van der Waals surface area contributed by atoms with Gasteiger partial charge in [-0.3, -0.25) is 4.98 Å². The van der Waals surface area contributed by atoms with Crippen molar-refractivity contribution >= 4 is 23.0 Å². The van der Waals surface area contributed by atoms with Crippen molar-refractivity contribution in [1.82, 2.24) is 4.98 Å². The SMILES string of the molecule is CCN(c1cccc(F)c1)c1cc(C)ncc1CCl. The molecule has 0 amide bonds. The second kappa shape index (κ2) is 6.02. The Kier molecular flexibility index (Phi) is 4.38. The normalized spacial score (nSPS) is 10.5. The van der Waals surface area contributed by atoms with Crippen molar-refractivity contribution in [2.45, 2.75) is 19.7 Å². The number of rotatable bonds is 4. The highest BCUT2D eigenvalue weighted by Crippen LogP contribution is 2.29. The molecule has 0 aliphatic rings. The molecule has 0 bridgehead atoms. The van der Waals surface area contributed by atoms with Crippen LogP contribution in [0, 0.1) is 12.7 Å². The third-order valence-corrected chi connectivity index (χ3v) is 3.26. The highest BCUT2D eigenvalue weighted by atomic mass is 35.5. The van der Waals surface area contributed by atoms with Gasteiger partial charge in [0.25, 0.3) is 0 Å². The Bertz CT molecular complexity index is 572. The lowest BCUT2D eigenvalue weighted by Gasteiger charge is -2.25. The van der Waals surface area contributed by atoms with Gasteiger partial charge in [-0.25, -0.2) is 4.39 Å². The first-order chi connectivity index (χ1) is 9.15. The van der Waals surface area contributed by atoms with E-state index < -0.39 is 0 Å². The Morgan fingerprint density at radius 2 is 2.11 bits per heavy atom. The third kappa shape index (κ3) is 3.04. The summed E-state index contributed by atoms with van der Waals surface area (Å²) in [4.78, 5) is 6.29. The monoisotopic (exact) mass is 278 g/mol. The van der Waals surface area contributed by atoms with E-state index in [0.29, 0.717) is 5.88 Å². The summed E-state index contributed by atoms with van der Waals surface area (Å²) >= 11 is 5.96. The maximum Gasteiger partial charge on any atom is 0.125 e. The van der Waals surface area contributed by atoms with Crippen LogP contribution in [-0.2, 0) is 5.88 Å². The summed E-state index contributed by atoms with van der Waals surface area (Å²) in [5.74, 6) is 0.142. The van der Waals surface area contributed by atoms with Gasteiger partial charge in [-0.2, -0.15) is 0 Å². The molecule has 0 aliphatic carbocycles. The van der Waals surface area contributed by atoms with Crippen molar-refractivity contribution in [3.8, 4) is 0 Å². The first kappa shape index (κ1) is 13.8. The molecule has 4 heteroatoms. The predicted octanol–water partition coefficient (Wildman–Crippen LogP) is 4.43. The number of hydrogen-bond acceptors (Lipinski definition) is 2. The zero-order valence-corrected chi connectivity index (χ0v) is 11.8. The predicted molar refractivity (Wildman–Crippen MR) is 77.6 cm³/mol. The van der Waals surface area contributed by atoms with Crippen LogP contribution in [0.4, 0.5) is 15.8 Å². The van der Waals surface area contributed by atoms with Crippen molar-refractivity contribution in [3.05, 3.63) is 53.6 Å². The van der Waals surface area contributed by atoms with Gasteiger partial charge in [0.05, 0.1) is 5.88 Å². The van der Waals surface area contributed by atoms with Gasteiger partial charge >= 0.3 is 0 Å². The van der Waals surface area contributed by atoms with Crippen molar-refractivity contribution < 1.29 is 4.39 Å². The van der Waals surface area contributed by atoms with Crippen LogP contribution in [0.15, 0.2) is 36.5 Å². The first-order valence-corrected chi connectivity index (χ1v) is 6.73. The van der Waals surface area contributed by atoms with E-state index in [4.69, 9.17) is 11.6 Å². The number of aromatic nitrogens is 1.